The third kappa shape index (κ3) is 50.4. The molecule has 0 aliphatic rings. The third-order valence-corrected chi connectivity index (χ3v) is 12.1. The SMILES string of the molecule is CC/C=C\C/C=C\C/C=C\C/C=C\CCCCCCCCCCCCCCC(=O)OCC(COC(=O)CCCCCCCCC)OC(=O)CCCCCCCCCCCCCCCC. The van der Waals surface area contributed by atoms with E-state index in [2.05, 4.69) is 69.4 Å². The average molecular weight is 897 g/mol. The van der Waals surface area contributed by atoms with Crippen molar-refractivity contribution >= 4 is 17.9 Å². The molecule has 0 aromatic carbocycles. The Kier molecular flexibility index (Phi) is 50.8. The molecular formula is C58H104O6. The first-order valence-corrected chi connectivity index (χ1v) is 27.6. The highest BCUT2D eigenvalue weighted by molar-refractivity contribution is 5.71. The molecule has 64 heavy (non-hydrogen) atoms. The molecule has 372 valence electrons. The first kappa shape index (κ1) is 61.4. The number of carbonyl (C=O) groups is 3. The summed E-state index contributed by atoms with van der Waals surface area (Å²) in [6.45, 7) is 6.51. The number of hydrogen-bond acceptors (Lipinski definition) is 6. The molecule has 0 aliphatic carbocycles. The summed E-state index contributed by atoms with van der Waals surface area (Å²) in [6.07, 6.45) is 64.1. The van der Waals surface area contributed by atoms with E-state index in [1.165, 1.54) is 161 Å². The molecule has 0 aromatic heterocycles. The second-order valence-electron chi connectivity index (χ2n) is 18.5. The van der Waals surface area contributed by atoms with Gasteiger partial charge in [0.1, 0.15) is 13.2 Å². The van der Waals surface area contributed by atoms with Crippen molar-refractivity contribution in [1.82, 2.24) is 0 Å². The van der Waals surface area contributed by atoms with Crippen LogP contribution in [-0.2, 0) is 28.6 Å². The maximum atomic E-state index is 12.8. The monoisotopic (exact) mass is 897 g/mol. The van der Waals surface area contributed by atoms with Crippen LogP contribution in [0.5, 0.6) is 0 Å². The van der Waals surface area contributed by atoms with Crippen molar-refractivity contribution in [2.45, 2.75) is 290 Å². The van der Waals surface area contributed by atoms with Gasteiger partial charge in [0.05, 0.1) is 0 Å². The molecule has 0 N–H and O–H groups in total. The summed E-state index contributed by atoms with van der Waals surface area (Å²) < 4.78 is 16.8. The first-order valence-electron chi connectivity index (χ1n) is 27.6. The Morgan fingerprint density at radius 3 is 0.953 bits per heavy atom. The van der Waals surface area contributed by atoms with Crippen molar-refractivity contribution in [2.75, 3.05) is 13.2 Å². The van der Waals surface area contributed by atoms with Crippen molar-refractivity contribution < 1.29 is 28.6 Å². The Labute approximate surface area is 397 Å². The van der Waals surface area contributed by atoms with Gasteiger partial charge in [-0.05, 0) is 57.8 Å². The number of rotatable bonds is 50. The Hall–Kier alpha value is -2.63. The van der Waals surface area contributed by atoms with E-state index in [9.17, 15) is 14.4 Å². The standard InChI is InChI=1S/C58H104O6/c1-4-7-10-13-16-18-20-22-24-25-26-27-28-29-30-31-32-33-34-36-37-39-42-45-48-51-57(60)63-54-55(53-62-56(59)50-47-44-41-15-12-9-6-3)64-58(61)52-49-46-43-40-38-35-23-21-19-17-14-11-8-5-2/h7,10,16,18,22,24,26-27,55H,4-6,8-9,11-15,17,19-21,23,25,28-54H2,1-3H3/b10-7-,18-16-,24-22-,27-26-. The molecule has 0 rings (SSSR count). The molecule has 0 saturated heterocycles. The van der Waals surface area contributed by atoms with Gasteiger partial charge in [0, 0.05) is 19.3 Å². The van der Waals surface area contributed by atoms with Gasteiger partial charge >= 0.3 is 17.9 Å². The maximum Gasteiger partial charge on any atom is 0.306 e. The van der Waals surface area contributed by atoms with Crippen LogP contribution in [0.1, 0.15) is 284 Å². The Morgan fingerprint density at radius 2 is 0.609 bits per heavy atom. The van der Waals surface area contributed by atoms with E-state index in [1.54, 1.807) is 0 Å². The molecule has 0 amide bonds. The lowest BCUT2D eigenvalue weighted by Gasteiger charge is -2.18. The van der Waals surface area contributed by atoms with Gasteiger partial charge < -0.3 is 14.2 Å². The molecule has 0 aliphatic heterocycles. The Bertz CT molecular complexity index is 1120. The van der Waals surface area contributed by atoms with E-state index in [4.69, 9.17) is 14.2 Å². The zero-order chi connectivity index (χ0) is 46.5. The largest absolute Gasteiger partial charge is 0.462 e. The van der Waals surface area contributed by atoms with Gasteiger partial charge in [0.25, 0.3) is 0 Å². The highest BCUT2D eigenvalue weighted by Crippen LogP contribution is 2.16. The minimum Gasteiger partial charge on any atom is -0.462 e. The van der Waals surface area contributed by atoms with Gasteiger partial charge in [-0.15, -0.1) is 0 Å². The molecule has 0 heterocycles. The molecule has 0 spiro atoms. The Balaban J connectivity index is 4.12. The fourth-order valence-electron chi connectivity index (χ4n) is 7.96. The maximum absolute atomic E-state index is 12.8. The molecule has 1 unspecified atom stereocenters. The second kappa shape index (κ2) is 53.0. The molecule has 6 nitrogen and oxygen atoms in total. The number of carbonyl (C=O) groups excluding carboxylic acids is 3. The summed E-state index contributed by atoms with van der Waals surface area (Å²) in [5, 5.41) is 0. The van der Waals surface area contributed by atoms with Crippen LogP contribution in [0.3, 0.4) is 0 Å². The fourth-order valence-corrected chi connectivity index (χ4v) is 7.96. The average Bonchev–Trinajstić information content (AvgIpc) is 3.29. The van der Waals surface area contributed by atoms with Gasteiger partial charge in [-0.1, -0.05) is 256 Å². The predicted octanol–water partition coefficient (Wildman–Crippen LogP) is 18.3. The van der Waals surface area contributed by atoms with E-state index in [0.29, 0.717) is 19.3 Å². The molecule has 0 radical (unpaired) electrons. The summed E-state index contributed by atoms with van der Waals surface area (Å²) >= 11 is 0. The zero-order valence-electron chi connectivity index (χ0n) is 42.6. The number of allylic oxidation sites excluding steroid dienone is 8. The molecule has 0 fully saturated rings. The number of unbranched alkanes of at least 4 members (excludes halogenated alkanes) is 31. The van der Waals surface area contributed by atoms with Crippen molar-refractivity contribution in [1.29, 1.82) is 0 Å². The third-order valence-electron chi connectivity index (χ3n) is 12.1. The zero-order valence-corrected chi connectivity index (χ0v) is 42.6. The van der Waals surface area contributed by atoms with Crippen molar-refractivity contribution in [3.05, 3.63) is 48.6 Å². The summed E-state index contributed by atoms with van der Waals surface area (Å²) in [5.41, 5.74) is 0. The topological polar surface area (TPSA) is 78.9 Å². The predicted molar refractivity (Wildman–Crippen MR) is 275 cm³/mol. The van der Waals surface area contributed by atoms with Gasteiger partial charge in [-0.3, -0.25) is 14.4 Å². The summed E-state index contributed by atoms with van der Waals surface area (Å²) in [4.78, 5) is 37.9. The van der Waals surface area contributed by atoms with Crippen LogP contribution in [-0.4, -0.2) is 37.2 Å². The highest BCUT2D eigenvalue weighted by Gasteiger charge is 2.19. The first-order chi connectivity index (χ1) is 31.5. The lowest BCUT2D eigenvalue weighted by molar-refractivity contribution is -0.167. The van der Waals surface area contributed by atoms with Gasteiger partial charge in [-0.25, -0.2) is 0 Å². The van der Waals surface area contributed by atoms with E-state index in [1.807, 2.05) is 0 Å². The van der Waals surface area contributed by atoms with E-state index in [-0.39, 0.29) is 31.1 Å². The molecule has 6 heteroatoms. The normalized spacial score (nSPS) is 12.4. The van der Waals surface area contributed by atoms with Crippen molar-refractivity contribution in [2.24, 2.45) is 0 Å². The van der Waals surface area contributed by atoms with Crippen LogP contribution < -0.4 is 0 Å². The van der Waals surface area contributed by atoms with Crippen LogP contribution >= 0.6 is 0 Å². The molecule has 0 saturated carbocycles. The number of hydrogen-bond donors (Lipinski definition) is 0. The number of ether oxygens (including phenoxy) is 3. The Morgan fingerprint density at radius 1 is 0.328 bits per heavy atom. The van der Waals surface area contributed by atoms with E-state index >= 15 is 0 Å². The molecule has 0 aromatic rings. The van der Waals surface area contributed by atoms with E-state index < -0.39 is 6.10 Å². The second-order valence-corrected chi connectivity index (χ2v) is 18.5. The highest BCUT2D eigenvalue weighted by atomic mass is 16.6. The van der Waals surface area contributed by atoms with Gasteiger partial charge in [0.15, 0.2) is 6.10 Å². The molecule has 0 bridgehead atoms. The smallest absolute Gasteiger partial charge is 0.306 e. The van der Waals surface area contributed by atoms with Crippen molar-refractivity contribution in [3.8, 4) is 0 Å². The summed E-state index contributed by atoms with van der Waals surface area (Å²) in [5.74, 6) is -0.866. The van der Waals surface area contributed by atoms with E-state index in [0.717, 1.165) is 83.5 Å². The quantitative estimate of drug-likeness (QED) is 0.0262. The minimum atomic E-state index is -0.767. The lowest BCUT2D eigenvalue weighted by Crippen LogP contribution is -2.30. The van der Waals surface area contributed by atoms with Crippen molar-refractivity contribution in [3.63, 3.8) is 0 Å². The molecular weight excluding hydrogens is 793 g/mol. The van der Waals surface area contributed by atoms with Gasteiger partial charge in [-0.2, -0.15) is 0 Å². The fraction of sp³-hybridized carbons (Fsp3) is 0.810. The van der Waals surface area contributed by atoms with Crippen LogP contribution in [0.2, 0.25) is 0 Å². The van der Waals surface area contributed by atoms with Gasteiger partial charge in [0.2, 0.25) is 0 Å². The summed E-state index contributed by atoms with van der Waals surface area (Å²) in [6, 6.07) is 0. The van der Waals surface area contributed by atoms with Crippen LogP contribution in [0, 0.1) is 0 Å². The minimum absolute atomic E-state index is 0.0697. The lowest BCUT2D eigenvalue weighted by atomic mass is 10.0. The van der Waals surface area contributed by atoms with Crippen LogP contribution in [0.15, 0.2) is 48.6 Å². The number of esters is 3. The summed E-state index contributed by atoms with van der Waals surface area (Å²) in [7, 11) is 0. The molecule has 1 atom stereocenters. The van der Waals surface area contributed by atoms with Crippen LogP contribution in [0.25, 0.3) is 0 Å². The van der Waals surface area contributed by atoms with Crippen LogP contribution in [0.4, 0.5) is 0 Å².